The highest BCUT2D eigenvalue weighted by molar-refractivity contribution is 7.21. The van der Waals surface area contributed by atoms with Crippen LogP contribution < -0.4 is 10.9 Å². The van der Waals surface area contributed by atoms with Crippen LogP contribution in [0.4, 0.5) is 5.13 Å². The lowest BCUT2D eigenvalue weighted by molar-refractivity contribution is 0.103. The molecular formula is C26H22N4O2S2. The first-order valence-corrected chi connectivity index (χ1v) is 12.6. The molecule has 0 aliphatic carbocycles. The maximum atomic E-state index is 13.1. The summed E-state index contributed by atoms with van der Waals surface area (Å²) in [6.07, 6.45) is 2.53. The van der Waals surface area contributed by atoms with E-state index in [4.69, 9.17) is 0 Å². The Balaban J connectivity index is 1.39. The van der Waals surface area contributed by atoms with E-state index < -0.39 is 0 Å². The van der Waals surface area contributed by atoms with Gasteiger partial charge in [0.1, 0.15) is 4.83 Å². The average molecular weight is 487 g/mol. The van der Waals surface area contributed by atoms with Gasteiger partial charge in [0.05, 0.1) is 28.8 Å². The highest BCUT2D eigenvalue weighted by atomic mass is 32.1. The van der Waals surface area contributed by atoms with E-state index in [0.29, 0.717) is 32.3 Å². The minimum atomic E-state index is -0.281. The number of thiazole rings is 1. The molecule has 0 unspecified atom stereocenters. The minimum absolute atomic E-state index is 0.145. The van der Waals surface area contributed by atoms with Crippen LogP contribution in [0.15, 0.2) is 71.1 Å². The van der Waals surface area contributed by atoms with Crippen LogP contribution in [0.25, 0.3) is 21.5 Å². The number of aromatic nitrogens is 3. The van der Waals surface area contributed by atoms with Gasteiger partial charge in [0.2, 0.25) is 0 Å². The predicted molar refractivity (Wildman–Crippen MR) is 139 cm³/mol. The molecule has 5 rings (SSSR count). The second-order valence-electron chi connectivity index (χ2n) is 7.94. The molecular weight excluding hydrogens is 464 g/mol. The van der Waals surface area contributed by atoms with Gasteiger partial charge in [0.25, 0.3) is 11.5 Å². The molecule has 0 fully saturated rings. The first-order valence-electron chi connectivity index (χ1n) is 10.9. The third-order valence-corrected chi connectivity index (χ3v) is 7.66. The largest absolute Gasteiger partial charge is 0.297 e. The third-order valence-electron chi connectivity index (χ3n) is 5.70. The van der Waals surface area contributed by atoms with Gasteiger partial charge in [-0.15, -0.1) is 22.7 Å². The van der Waals surface area contributed by atoms with Crippen LogP contribution in [-0.4, -0.2) is 20.4 Å². The Bertz CT molecular complexity index is 1530. The number of nitrogens with zero attached hydrogens (tertiary/aromatic N) is 3. The van der Waals surface area contributed by atoms with Crippen molar-refractivity contribution in [1.82, 2.24) is 14.5 Å². The highest BCUT2D eigenvalue weighted by Gasteiger charge is 2.20. The normalized spacial score (nSPS) is 11.1. The second kappa shape index (κ2) is 9.32. The topological polar surface area (TPSA) is 76.9 Å². The van der Waals surface area contributed by atoms with Crippen molar-refractivity contribution >= 4 is 43.9 Å². The molecule has 0 saturated carbocycles. The monoisotopic (exact) mass is 486 g/mol. The number of hydrogen-bond acceptors (Lipinski definition) is 6. The smallest absolute Gasteiger partial charge is 0.267 e. The van der Waals surface area contributed by atoms with E-state index in [1.54, 1.807) is 17.8 Å². The van der Waals surface area contributed by atoms with E-state index in [0.717, 1.165) is 23.2 Å². The fourth-order valence-electron chi connectivity index (χ4n) is 3.80. The third kappa shape index (κ3) is 4.30. The van der Waals surface area contributed by atoms with Crippen LogP contribution in [0.2, 0.25) is 0 Å². The van der Waals surface area contributed by atoms with E-state index >= 15 is 0 Å². The van der Waals surface area contributed by atoms with Gasteiger partial charge in [-0.3, -0.25) is 19.5 Å². The van der Waals surface area contributed by atoms with E-state index in [-0.39, 0.29) is 11.5 Å². The van der Waals surface area contributed by atoms with Gasteiger partial charge in [-0.2, -0.15) is 0 Å². The number of carbonyl (C=O) groups is 1. The number of rotatable bonds is 6. The molecule has 0 spiro atoms. The van der Waals surface area contributed by atoms with Crippen molar-refractivity contribution in [3.8, 4) is 11.3 Å². The fourth-order valence-corrected chi connectivity index (χ4v) is 5.55. The summed E-state index contributed by atoms with van der Waals surface area (Å²) in [7, 11) is 0. The van der Waals surface area contributed by atoms with Crippen molar-refractivity contribution in [3.05, 3.63) is 98.2 Å². The fraction of sp³-hybridized carbons (Fsp3) is 0.154. The zero-order valence-corrected chi connectivity index (χ0v) is 20.4. The Hall–Kier alpha value is -3.62. The standard InChI is InChI=1S/C26H22N4O2S2/c1-3-17-9-11-19(12-10-17)20-14-33-26(28-20)29-23(31)22-16(2)21-24(34-22)27-15-30(25(21)32)13-18-7-5-4-6-8-18/h4-12,14-15H,3,13H2,1-2H3,(H,28,29,31). The highest BCUT2D eigenvalue weighted by Crippen LogP contribution is 2.29. The summed E-state index contributed by atoms with van der Waals surface area (Å²) in [4.78, 5) is 36.3. The molecule has 170 valence electrons. The van der Waals surface area contributed by atoms with E-state index in [1.165, 1.54) is 28.2 Å². The van der Waals surface area contributed by atoms with Crippen LogP contribution >= 0.6 is 22.7 Å². The Morgan fingerprint density at radius 3 is 2.56 bits per heavy atom. The Morgan fingerprint density at radius 2 is 1.82 bits per heavy atom. The Kier molecular flexibility index (Phi) is 6.08. The molecule has 0 aliphatic heterocycles. The Labute approximate surface area is 204 Å². The van der Waals surface area contributed by atoms with E-state index in [2.05, 4.69) is 34.3 Å². The molecule has 5 aromatic rings. The number of nitrogens with one attached hydrogen (secondary N) is 1. The summed E-state index contributed by atoms with van der Waals surface area (Å²) in [6.45, 7) is 4.35. The lowest BCUT2D eigenvalue weighted by atomic mass is 10.1. The number of hydrogen-bond donors (Lipinski definition) is 1. The molecule has 1 N–H and O–H groups in total. The summed E-state index contributed by atoms with van der Waals surface area (Å²) < 4.78 is 1.58. The van der Waals surface area contributed by atoms with Crippen LogP contribution in [0.3, 0.4) is 0 Å². The molecule has 0 atom stereocenters. The van der Waals surface area contributed by atoms with Gasteiger partial charge < -0.3 is 0 Å². The summed E-state index contributed by atoms with van der Waals surface area (Å²) in [5.74, 6) is -0.281. The van der Waals surface area contributed by atoms with Gasteiger partial charge in [0.15, 0.2) is 5.13 Å². The number of thiophene rings is 1. The number of amides is 1. The maximum Gasteiger partial charge on any atom is 0.267 e. The average Bonchev–Trinajstić information content (AvgIpc) is 3.46. The maximum absolute atomic E-state index is 13.1. The van der Waals surface area contributed by atoms with E-state index in [1.807, 2.05) is 47.8 Å². The first-order chi connectivity index (χ1) is 16.5. The van der Waals surface area contributed by atoms with E-state index in [9.17, 15) is 9.59 Å². The first kappa shape index (κ1) is 22.2. The van der Waals surface area contributed by atoms with Gasteiger partial charge >= 0.3 is 0 Å². The quantitative estimate of drug-likeness (QED) is 0.331. The molecule has 3 heterocycles. The molecule has 34 heavy (non-hydrogen) atoms. The van der Waals surface area contributed by atoms with Crippen molar-refractivity contribution in [2.24, 2.45) is 0 Å². The molecule has 0 aliphatic rings. The molecule has 0 saturated heterocycles. The number of fused-ring (bicyclic) bond motifs is 1. The minimum Gasteiger partial charge on any atom is -0.297 e. The molecule has 1 amide bonds. The van der Waals surface area contributed by atoms with Gasteiger partial charge in [-0.05, 0) is 30.0 Å². The van der Waals surface area contributed by atoms with Crippen LogP contribution in [0.5, 0.6) is 0 Å². The molecule has 8 heteroatoms. The van der Waals surface area contributed by atoms with Gasteiger partial charge in [-0.1, -0.05) is 61.5 Å². The lowest BCUT2D eigenvalue weighted by Crippen LogP contribution is -2.21. The zero-order chi connectivity index (χ0) is 23.7. The Morgan fingerprint density at radius 1 is 1.06 bits per heavy atom. The zero-order valence-electron chi connectivity index (χ0n) is 18.7. The van der Waals surface area contributed by atoms with Crippen molar-refractivity contribution in [1.29, 1.82) is 0 Å². The molecule has 0 bridgehead atoms. The molecule has 6 nitrogen and oxygen atoms in total. The lowest BCUT2D eigenvalue weighted by Gasteiger charge is -2.05. The van der Waals surface area contributed by atoms with Crippen molar-refractivity contribution in [2.45, 2.75) is 26.8 Å². The summed E-state index contributed by atoms with van der Waals surface area (Å²) in [5.41, 5.74) is 4.61. The SMILES string of the molecule is CCc1ccc(-c2csc(NC(=O)c3sc4ncn(Cc5ccccc5)c(=O)c4c3C)n2)cc1. The van der Waals surface area contributed by atoms with Crippen molar-refractivity contribution < 1.29 is 4.79 Å². The summed E-state index contributed by atoms with van der Waals surface area (Å²) in [5, 5.41) is 5.83. The molecule has 0 radical (unpaired) electrons. The van der Waals surface area contributed by atoms with Gasteiger partial charge in [0, 0.05) is 10.9 Å². The molecule has 2 aromatic carbocycles. The number of carbonyl (C=O) groups excluding carboxylic acids is 1. The van der Waals surface area contributed by atoms with Crippen molar-refractivity contribution in [2.75, 3.05) is 5.32 Å². The van der Waals surface area contributed by atoms with Crippen LogP contribution in [-0.2, 0) is 13.0 Å². The predicted octanol–water partition coefficient (Wildman–Crippen LogP) is 5.75. The van der Waals surface area contributed by atoms with Crippen molar-refractivity contribution in [3.63, 3.8) is 0 Å². The second-order valence-corrected chi connectivity index (χ2v) is 9.80. The number of aryl methyl sites for hydroxylation is 2. The van der Waals surface area contributed by atoms with Gasteiger partial charge in [-0.25, -0.2) is 9.97 Å². The number of benzene rings is 2. The number of anilines is 1. The van der Waals surface area contributed by atoms with Crippen LogP contribution in [0.1, 0.15) is 33.3 Å². The summed E-state index contributed by atoms with van der Waals surface area (Å²) in [6, 6.07) is 18.0. The molecule has 3 aromatic heterocycles. The van der Waals surface area contributed by atoms with Crippen LogP contribution in [0, 0.1) is 6.92 Å². The summed E-state index contributed by atoms with van der Waals surface area (Å²) >= 11 is 2.61.